The Kier molecular flexibility index (Phi) is 13.0. The van der Waals surface area contributed by atoms with Crippen LogP contribution in [-0.2, 0) is 0 Å². The highest BCUT2D eigenvalue weighted by atomic mass is 19.1. The molecule has 2 unspecified atom stereocenters. The molecule has 1 heterocycles. The van der Waals surface area contributed by atoms with Gasteiger partial charge in [0.15, 0.2) is 5.82 Å². The number of benzene rings is 2. The van der Waals surface area contributed by atoms with E-state index in [0.29, 0.717) is 29.1 Å². The first-order chi connectivity index (χ1) is 24.7. The maximum absolute atomic E-state index is 13.3. The molecule has 274 valence electrons. The van der Waals surface area contributed by atoms with Crippen molar-refractivity contribution in [3.8, 4) is 28.6 Å². The minimum absolute atomic E-state index is 0.177. The minimum Gasteiger partial charge on any atom is -0.236 e. The predicted molar refractivity (Wildman–Crippen MR) is 209 cm³/mol. The molecule has 0 saturated heterocycles. The van der Waals surface area contributed by atoms with Gasteiger partial charge in [0.25, 0.3) is 0 Å². The Balaban J connectivity index is 0.000000187. The zero-order valence-electron chi connectivity index (χ0n) is 32.3. The summed E-state index contributed by atoms with van der Waals surface area (Å²) in [6, 6.07) is 15.7. The number of halogens is 1. The standard InChI is InChI=1S/C29H49N.C18H15FN2/c1-20-4-10-25(11-5-20)26-12-6-23(7-13-26)18-24-8-14-27(15-9-24)28-16-21(2)29(19-30)22(3)17-28;1-12-10-20-18(21-11-12)15-5-3-14(4-6-15)16-7-8-17(19)13(2)9-16/h20-29H,4-18H2,1-3H3;3-11H,1-2H3. The quantitative estimate of drug-likeness (QED) is 0.259. The van der Waals surface area contributed by atoms with E-state index in [9.17, 15) is 9.65 Å². The molecule has 2 atom stereocenters. The highest BCUT2D eigenvalue weighted by Crippen LogP contribution is 2.48. The zero-order valence-corrected chi connectivity index (χ0v) is 32.3. The third-order valence-corrected chi connectivity index (χ3v) is 14.0. The van der Waals surface area contributed by atoms with Crippen molar-refractivity contribution in [2.75, 3.05) is 0 Å². The van der Waals surface area contributed by atoms with Gasteiger partial charge in [-0.2, -0.15) is 5.26 Å². The molecule has 1 aromatic heterocycles. The summed E-state index contributed by atoms with van der Waals surface area (Å²) in [5.41, 5.74) is 4.72. The molecule has 4 saturated carbocycles. The Hall–Kier alpha value is -3.06. The molecule has 2 aromatic carbocycles. The molecular formula is C47H64FN3. The Morgan fingerprint density at radius 1 is 0.627 bits per heavy atom. The monoisotopic (exact) mass is 690 g/mol. The molecule has 0 amide bonds. The molecule has 51 heavy (non-hydrogen) atoms. The van der Waals surface area contributed by atoms with Gasteiger partial charge < -0.3 is 0 Å². The number of aryl methyl sites for hydroxylation is 2. The smallest absolute Gasteiger partial charge is 0.159 e. The van der Waals surface area contributed by atoms with Gasteiger partial charge in [0, 0.05) is 18.0 Å². The SMILES string of the molecule is CC1CCC(C2CCC(CC3CCC(C4CC(C)C(C#N)C(C)C4)CC3)CC2)CC1.Cc1cnc(-c2ccc(-c3ccc(F)c(C)c3)cc2)nc1. The molecule has 0 aliphatic heterocycles. The van der Waals surface area contributed by atoms with Crippen LogP contribution in [-0.4, -0.2) is 9.97 Å². The van der Waals surface area contributed by atoms with E-state index >= 15 is 0 Å². The topological polar surface area (TPSA) is 49.6 Å². The van der Waals surface area contributed by atoms with Crippen molar-refractivity contribution in [3.63, 3.8) is 0 Å². The number of nitrogens with zero attached hydrogens (tertiary/aromatic N) is 3. The van der Waals surface area contributed by atoms with Gasteiger partial charge in [0.05, 0.1) is 12.0 Å². The maximum Gasteiger partial charge on any atom is 0.159 e. The van der Waals surface area contributed by atoms with E-state index in [0.717, 1.165) is 63.7 Å². The van der Waals surface area contributed by atoms with Gasteiger partial charge in [-0.05, 0) is 159 Å². The van der Waals surface area contributed by atoms with Crippen LogP contribution in [0.25, 0.3) is 22.5 Å². The van der Waals surface area contributed by atoms with Gasteiger partial charge in [0.2, 0.25) is 0 Å². The van der Waals surface area contributed by atoms with E-state index in [1.165, 1.54) is 70.3 Å². The van der Waals surface area contributed by atoms with E-state index in [1.807, 2.05) is 37.3 Å². The van der Waals surface area contributed by atoms with Crippen LogP contribution in [0.1, 0.15) is 128 Å². The van der Waals surface area contributed by atoms with Crippen molar-refractivity contribution < 1.29 is 4.39 Å². The molecule has 0 N–H and O–H groups in total. The second-order valence-electron chi connectivity index (χ2n) is 17.8. The van der Waals surface area contributed by atoms with Crippen LogP contribution in [0, 0.1) is 90.2 Å². The normalized spacial score (nSPS) is 32.6. The van der Waals surface area contributed by atoms with Crippen molar-refractivity contribution in [3.05, 3.63) is 71.8 Å². The second-order valence-corrected chi connectivity index (χ2v) is 17.8. The average Bonchev–Trinajstić information content (AvgIpc) is 3.14. The predicted octanol–water partition coefficient (Wildman–Crippen LogP) is 13.2. The van der Waals surface area contributed by atoms with Crippen LogP contribution in [0.4, 0.5) is 4.39 Å². The minimum atomic E-state index is -0.177. The fourth-order valence-corrected chi connectivity index (χ4v) is 10.7. The van der Waals surface area contributed by atoms with E-state index in [4.69, 9.17) is 0 Å². The van der Waals surface area contributed by atoms with Crippen molar-refractivity contribution in [2.24, 2.45) is 59.2 Å². The van der Waals surface area contributed by atoms with Gasteiger partial charge >= 0.3 is 0 Å². The highest BCUT2D eigenvalue weighted by molar-refractivity contribution is 5.68. The molecule has 4 fully saturated rings. The summed E-state index contributed by atoms with van der Waals surface area (Å²) >= 11 is 0. The molecule has 0 radical (unpaired) electrons. The Morgan fingerprint density at radius 2 is 1.10 bits per heavy atom. The van der Waals surface area contributed by atoms with Crippen molar-refractivity contribution in [2.45, 2.75) is 131 Å². The van der Waals surface area contributed by atoms with Crippen molar-refractivity contribution in [1.82, 2.24) is 9.97 Å². The number of hydrogen-bond acceptors (Lipinski definition) is 3. The van der Waals surface area contributed by atoms with Crippen LogP contribution >= 0.6 is 0 Å². The number of aromatic nitrogens is 2. The molecule has 4 heteroatoms. The van der Waals surface area contributed by atoms with Crippen LogP contribution < -0.4 is 0 Å². The van der Waals surface area contributed by atoms with Crippen LogP contribution in [0.3, 0.4) is 0 Å². The zero-order chi connectivity index (χ0) is 35.9. The Morgan fingerprint density at radius 3 is 1.61 bits per heavy atom. The van der Waals surface area contributed by atoms with Gasteiger partial charge in [-0.3, -0.25) is 0 Å². The Labute approximate surface area is 309 Å². The summed E-state index contributed by atoms with van der Waals surface area (Å²) in [6.45, 7) is 10.9. The van der Waals surface area contributed by atoms with Crippen molar-refractivity contribution in [1.29, 1.82) is 5.26 Å². The summed E-state index contributed by atoms with van der Waals surface area (Å²) in [6.07, 6.45) is 26.1. The summed E-state index contributed by atoms with van der Waals surface area (Å²) in [4.78, 5) is 8.63. The van der Waals surface area contributed by atoms with Crippen LogP contribution in [0.2, 0.25) is 0 Å². The summed E-state index contributed by atoms with van der Waals surface area (Å²) in [7, 11) is 0. The Bertz CT molecular complexity index is 1540. The first-order valence-corrected chi connectivity index (χ1v) is 20.7. The molecular weight excluding hydrogens is 626 g/mol. The lowest BCUT2D eigenvalue weighted by Crippen LogP contribution is -2.34. The lowest BCUT2D eigenvalue weighted by atomic mass is 9.62. The van der Waals surface area contributed by atoms with Crippen LogP contribution in [0.15, 0.2) is 54.9 Å². The lowest BCUT2D eigenvalue weighted by Gasteiger charge is -2.42. The molecule has 7 rings (SSSR count). The molecule has 3 nitrogen and oxygen atoms in total. The first kappa shape index (κ1) is 37.7. The summed E-state index contributed by atoms with van der Waals surface area (Å²) in [5, 5.41) is 9.47. The molecule has 4 aliphatic carbocycles. The number of hydrogen-bond donors (Lipinski definition) is 0. The molecule has 0 spiro atoms. The fourth-order valence-electron chi connectivity index (χ4n) is 10.7. The highest BCUT2D eigenvalue weighted by Gasteiger charge is 2.38. The van der Waals surface area contributed by atoms with Gasteiger partial charge in [-0.15, -0.1) is 0 Å². The van der Waals surface area contributed by atoms with Crippen LogP contribution in [0.5, 0.6) is 0 Å². The number of nitriles is 1. The van der Waals surface area contributed by atoms with Gasteiger partial charge in [-0.1, -0.05) is 89.6 Å². The summed E-state index contributed by atoms with van der Waals surface area (Å²) in [5.74, 6) is 9.20. The van der Waals surface area contributed by atoms with E-state index in [1.54, 1.807) is 57.5 Å². The van der Waals surface area contributed by atoms with Gasteiger partial charge in [0.1, 0.15) is 5.82 Å². The van der Waals surface area contributed by atoms with Crippen molar-refractivity contribution >= 4 is 0 Å². The average molecular weight is 690 g/mol. The van der Waals surface area contributed by atoms with E-state index < -0.39 is 0 Å². The van der Waals surface area contributed by atoms with E-state index in [2.05, 4.69) is 36.8 Å². The lowest BCUT2D eigenvalue weighted by molar-refractivity contribution is 0.0843. The third kappa shape index (κ3) is 9.88. The third-order valence-electron chi connectivity index (χ3n) is 14.0. The molecule has 3 aromatic rings. The van der Waals surface area contributed by atoms with Gasteiger partial charge in [-0.25, -0.2) is 14.4 Å². The molecule has 4 aliphatic rings. The maximum atomic E-state index is 13.3. The summed E-state index contributed by atoms with van der Waals surface area (Å²) < 4.78 is 13.3. The second kappa shape index (κ2) is 17.6. The molecule has 0 bridgehead atoms. The largest absolute Gasteiger partial charge is 0.236 e. The first-order valence-electron chi connectivity index (χ1n) is 20.7. The fraction of sp³-hybridized carbons (Fsp3) is 0.638. The number of rotatable bonds is 6. The van der Waals surface area contributed by atoms with E-state index in [-0.39, 0.29) is 5.82 Å².